The number of thiophene rings is 1. The van der Waals surface area contributed by atoms with Gasteiger partial charge in [0.25, 0.3) is 0 Å². The summed E-state index contributed by atoms with van der Waals surface area (Å²) in [6.45, 7) is 2.08. The van der Waals surface area contributed by atoms with Crippen LogP contribution in [0.4, 0.5) is 18.0 Å². The minimum absolute atomic E-state index is 0.0172. The van der Waals surface area contributed by atoms with Crippen LogP contribution in [0.2, 0.25) is 0 Å². The minimum atomic E-state index is -5.31. The topological polar surface area (TPSA) is 96.9 Å². The van der Waals surface area contributed by atoms with Gasteiger partial charge in [0.1, 0.15) is 5.92 Å². The number of halogens is 3. The molecule has 2 aromatic rings. The Labute approximate surface area is 173 Å². The Morgan fingerprint density at radius 3 is 2.60 bits per heavy atom. The van der Waals surface area contributed by atoms with Crippen LogP contribution in [0, 0.1) is 5.92 Å². The van der Waals surface area contributed by atoms with Crippen molar-refractivity contribution in [2.75, 3.05) is 13.7 Å². The molecule has 1 aliphatic heterocycles. The lowest BCUT2D eigenvalue weighted by molar-refractivity contribution is -0.287. The summed E-state index contributed by atoms with van der Waals surface area (Å²) in [5.74, 6) is -2.50. The van der Waals surface area contributed by atoms with E-state index in [9.17, 15) is 27.9 Å². The van der Waals surface area contributed by atoms with Gasteiger partial charge in [-0.25, -0.2) is 4.79 Å². The Morgan fingerprint density at radius 1 is 1.30 bits per heavy atom. The number of ketones is 1. The zero-order valence-corrected chi connectivity index (χ0v) is 16.8. The third-order valence-corrected chi connectivity index (χ3v) is 5.58. The first kappa shape index (κ1) is 21.9. The van der Waals surface area contributed by atoms with E-state index < -0.39 is 35.7 Å². The molecule has 162 valence electrons. The lowest BCUT2D eigenvalue weighted by Gasteiger charge is -2.44. The number of benzene rings is 1. The highest BCUT2D eigenvalue weighted by atomic mass is 32.1. The summed E-state index contributed by atoms with van der Waals surface area (Å²) in [6.07, 6.45) is -5.31. The average molecular weight is 444 g/mol. The lowest BCUT2D eigenvalue weighted by atomic mass is 9.78. The molecule has 3 N–H and O–H groups in total. The molecule has 1 saturated heterocycles. The van der Waals surface area contributed by atoms with Gasteiger partial charge in [0, 0.05) is 0 Å². The van der Waals surface area contributed by atoms with E-state index in [4.69, 9.17) is 9.47 Å². The van der Waals surface area contributed by atoms with E-state index in [1.807, 2.05) is 0 Å². The number of alkyl halides is 3. The van der Waals surface area contributed by atoms with Crippen LogP contribution in [0.3, 0.4) is 0 Å². The minimum Gasteiger partial charge on any atom is -0.493 e. The molecule has 0 unspecified atom stereocenters. The fourth-order valence-electron chi connectivity index (χ4n) is 3.34. The van der Waals surface area contributed by atoms with Crippen molar-refractivity contribution in [2.24, 2.45) is 5.92 Å². The average Bonchev–Trinajstić information content (AvgIpc) is 3.21. The number of methoxy groups -OCH3 is 1. The summed E-state index contributed by atoms with van der Waals surface area (Å²) in [5, 5.41) is 15.9. The van der Waals surface area contributed by atoms with Gasteiger partial charge >= 0.3 is 12.2 Å². The number of ether oxygens (including phenoxy) is 2. The van der Waals surface area contributed by atoms with Gasteiger partial charge in [0.15, 0.2) is 17.3 Å². The van der Waals surface area contributed by atoms with Gasteiger partial charge in [-0.1, -0.05) is 12.1 Å². The maximum atomic E-state index is 13.9. The molecule has 2 heterocycles. The summed E-state index contributed by atoms with van der Waals surface area (Å²) in [7, 11) is 1.35. The molecule has 7 nitrogen and oxygen atoms in total. The van der Waals surface area contributed by atoms with Crippen molar-refractivity contribution < 1.29 is 37.3 Å². The fraction of sp³-hybridized carbons (Fsp3) is 0.368. The Kier molecular flexibility index (Phi) is 5.95. The van der Waals surface area contributed by atoms with Gasteiger partial charge in [-0.15, -0.1) is 11.3 Å². The molecule has 1 fully saturated rings. The molecule has 1 aromatic carbocycles. The number of hydrogen-bond donors (Lipinski definition) is 3. The number of amides is 2. The molecule has 3 atom stereocenters. The molecule has 2 amide bonds. The van der Waals surface area contributed by atoms with E-state index in [0.717, 1.165) is 11.3 Å². The van der Waals surface area contributed by atoms with Crippen LogP contribution in [-0.4, -0.2) is 42.5 Å². The normalized spacial score (nSPS) is 24.0. The van der Waals surface area contributed by atoms with E-state index in [1.54, 1.807) is 6.92 Å². The quantitative estimate of drug-likeness (QED) is 0.595. The number of rotatable bonds is 6. The monoisotopic (exact) mass is 444 g/mol. The maximum Gasteiger partial charge on any atom is 0.437 e. The Balaban J connectivity index is 2.14. The summed E-state index contributed by atoms with van der Waals surface area (Å²) in [4.78, 5) is 25.1. The number of urea groups is 1. The number of hydrogen-bond acceptors (Lipinski definition) is 6. The molecule has 11 heteroatoms. The number of carbonyl (C=O) groups excluding carboxylic acids is 2. The molecule has 0 saturated carbocycles. The van der Waals surface area contributed by atoms with Gasteiger partial charge in [-0.05, 0) is 36.1 Å². The molecular formula is C19H19F3N2O5S. The van der Waals surface area contributed by atoms with Crippen molar-refractivity contribution in [1.82, 2.24) is 10.6 Å². The second-order valence-electron chi connectivity index (χ2n) is 6.50. The Bertz CT molecular complexity index is 935. The molecule has 0 radical (unpaired) electrons. The van der Waals surface area contributed by atoms with Gasteiger partial charge in [0.2, 0.25) is 5.72 Å². The first-order valence-electron chi connectivity index (χ1n) is 8.88. The van der Waals surface area contributed by atoms with Crippen molar-refractivity contribution in [3.63, 3.8) is 0 Å². The number of Topliss-reactive ketones (excluding diaryl/α,β-unsaturated/α-hetero) is 1. The standard InChI is InChI=1S/C19H19F3N2O5S/c1-3-29-11-7-6-10(9-12(11)28-2)15-14(16(25)13-5-4-8-30-13)18(27,19(20,21)22)24-17(26)23-15/h4-9,14-15,27H,3H2,1-2H3,(H2,23,24,26)/t14-,15+,18-/m1/s1. The maximum absolute atomic E-state index is 13.9. The SMILES string of the molecule is CCOc1ccc([C@@H]2NC(=O)N[C@](O)(C(F)(F)F)[C@H]2C(=O)c2cccs2)cc1OC. The molecule has 0 bridgehead atoms. The second kappa shape index (κ2) is 8.15. The third kappa shape index (κ3) is 3.82. The predicted octanol–water partition coefficient (Wildman–Crippen LogP) is 3.26. The van der Waals surface area contributed by atoms with Crippen LogP contribution in [0.1, 0.15) is 28.2 Å². The van der Waals surface area contributed by atoms with E-state index >= 15 is 0 Å². The van der Waals surface area contributed by atoms with Crippen LogP contribution in [-0.2, 0) is 0 Å². The van der Waals surface area contributed by atoms with Crippen molar-refractivity contribution in [2.45, 2.75) is 24.9 Å². The van der Waals surface area contributed by atoms with Crippen LogP contribution >= 0.6 is 11.3 Å². The molecule has 1 aromatic heterocycles. The first-order valence-corrected chi connectivity index (χ1v) is 9.76. The molecule has 0 spiro atoms. The van der Waals surface area contributed by atoms with Crippen molar-refractivity contribution in [1.29, 1.82) is 0 Å². The van der Waals surface area contributed by atoms with Crippen molar-refractivity contribution in [3.05, 3.63) is 46.2 Å². The number of nitrogens with one attached hydrogen (secondary N) is 2. The molecular weight excluding hydrogens is 425 g/mol. The van der Waals surface area contributed by atoms with Gasteiger partial charge in [0.05, 0.1) is 24.6 Å². The van der Waals surface area contributed by atoms with Gasteiger partial charge < -0.3 is 25.2 Å². The Hall–Kier alpha value is -2.79. The Morgan fingerprint density at radius 2 is 2.03 bits per heavy atom. The lowest BCUT2D eigenvalue weighted by Crippen LogP contribution is -2.72. The van der Waals surface area contributed by atoms with Crippen LogP contribution in [0.25, 0.3) is 0 Å². The van der Waals surface area contributed by atoms with Gasteiger partial charge in [-0.3, -0.25) is 4.79 Å². The highest BCUT2D eigenvalue weighted by Crippen LogP contribution is 2.45. The number of carbonyl (C=O) groups is 2. The zero-order valence-electron chi connectivity index (χ0n) is 15.9. The molecule has 3 rings (SSSR count). The van der Waals surface area contributed by atoms with Crippen LogP contribution in [0.5, 0.6) is 11.5 Å². The largest absolute Gasteiger partial charge is 0.493 e. The van der Waals surface area contributed by atoms with E-state index in [2.05, 4.69) is 5.32 Å². The van der Waals surface area contributed by atoms with E-state index in [0.29, 0.717) is 12.4 Å². The van der Waals surface area contributed by atoms with Crippen molar-refractivity contribution >= 4 is 23.2 Å². The smallest absolute Gasteiger partial charge is 0.437 e. The summed E-state index contributed by atoms with van der Waals surface area (Å²) in [6, 6.07) is 4.37. The van der Waals surface area contributed by atoms with Crippen LogP contribution in [0.15, 0.2) is 35.7 Å². The number of aliphatic hydroxyl groups is 1. The summed E-state index contributed by atoms with van der Waals surface area (Å²) < 4.78 is 52.2. The molecule has 0 aliphatic carbocycles. The fourth-order valence-corrected chi connectivity index (χ4v) is 4.05. The second-order valence-corrected chi connectivity index (χ2v) is 7.45. The molecule has 1 aliphatic rings. The van der Waals surface area contributed by atoms with E-state index in [-0.39, 0.29) is 16.2 Å². The van der Waals surface area contributed by atoms with E-state index in [1.165, 1.54) is 48.1 Å². The van der Waals surface area contributed by atoms with Gasteiger partial charge in [-0.2, -0.15) is 13.2 Å². The highest BCUT2D eigenvalue weighted by molar-refractivity contribution is 7.12. The van der Waals surface area contributed by atoms with Crippen LogP contribution < -0.4 is 20.1 Å². The third-order valence-electron chi connectivity index (χ3n) is 4.70. The zero-order chi connectivity index (χ0) is 22.1. The highest BCUT2D eigenvalue weighted by Gasteiger charge is 2.66. The first-order chi connectivity index (χ1) is 14.1. The molecule has 30 heavy (non-hydrogen) atoms. The summed E-state index contributed by atoms with van der Waals surface area (Å²) >= 11 is 0.938. The van der Waals surface area contributed by atoms with Crippen molar-refractivity contribution in [3.8, 4) is 11.5 Å². The summed E-state index contributed by atoms with van der Waals surface area (Å²) in [5.41, 5.74) is -3.63. The predicted molar refractivity (Wildman–Crippen MR) is 102 cm³/mol.